The first-order chi connectivity index (χ1) is 28.4. The largest absolute Gasteiger partial charge is 0.494 e. The smallest absolute Gasteiger partial charge is 0.306 e. The molecule has 0 spiro atoms. The molecule has 5 N–H and O–H groups in total. The third-order valence-electron chi connectivity index (χ3n) is 9.60. The number of carboxylic acid groups (broad SMARTS) is 2. The standard InChI is InChI=1S/C45H47BrN4O9/c1-28-33(27-59-45-41(46)18-34(24-49-25-36(52)20-43(55)56)44(50-45)58-26-31-17-30(21-47)22-48-23-31)7-5-10-39(28)40-11-6-9-38(29(40)2)32-12-14-37(15-13-32)57-16-4-3-8-35(51)19-42(53)54/h5-7,9-15,17-18,22-23,35-36,49,51-52H,3-4,8,16,19-20,24-27H2,1-2H3,(H,53,54)(H,55,56)/t35-,36+/m1/s1. The van der Waals surface area contributed by atoms with E-state index in [1.807, 2.05) is 42.5 Å². The Hall–Kier alpha value is -5.85. The Morgan fingerprint density at radius 3 is 2.20 bits per heavy atom. The van der Waals surface area contributed by atoms with Gasteiger partial charge >= 0.3 is 11.9 Å². The monoisotopic (exact) mass is 866 g/mol. The number of nitrogens with zero attached hydrogens (tertiary/aromatic N) is 3. The molecule has 0 aliphatic rings. The van der Waals surface area contributed by atoms with Crippen LogP contribution < -0.4 is 19.5 Å². The number of hydrogen-bond acceptors (Lipinski definition) is 11. The van der Waals surface area contributed by atoms with Crippen LogP contribution in [0.5, 0.6) is 17.5 Å². The highest BCUT2D eigenvalue weighted by Crippen LogP contribution is 2.36. The molecule has 0 radical (unpaired) electrons. The summed E-state index contributed by atoms with van der Waals surface area (Å²) in [5.41, 5.74) is 9.10. The molecule has 5 aromatic rings. The van der Waals surface area contributed by atoms with Gasteiger partial charge in [-0.2, -0.15) is 10.2 Å². The number of aliphatic carboxylic acids is 2. The van der Waals surface area contributed by atoms with E-state index in [1.54, 1.807) is 18.3 Å². The molecular formula is C45H47BrN4O9. The highest BCUT2D eigenvalue weighted by Gasteiger charge is 2.18. The number of ether oxygens (including phenoxy) is 3. The maximum absolute atomic E-state index is 11.0. The summed E-state index contributed by atoms with van der Waals surface area (Å²) >= 11 is 3.59. The predicted octanol–water partition coefficient (Wildman–Crippen LogP) is 7.53. The Balaban J connectivity index is 1.28. The van der Waals surface area contributed by atoms with Gasteiger partial charge in [0.1, 0.15) is 25.0 Å². The lowest BCUT2D eigenvalue weighted by Crippen LogP contribution is -2.28. The highest BCUT2D eigenvalue weighted by molar-refractivity contribution is 9.10. The Morgan fingerprint density at radius 2 is 1.47 bits per heavy atom. The highest BCUT2D eigenvalue weighted by atomic mass is 79.9. The molecule has 0 saturated carbocycles. The second-order valence-corrected chi connectivity index (χ2v) is 14.9. The average molecular weight is 868 g/mol. The Morgan fingerprint density at radius 1 is 0.797 bits per heavy atom. The minimum absolute atomic E-state index is 0.0451. The quantitative estimate of drug-likeness (QED) is 0.0428. The number of nitrogens with one attached hydrogen (secondary N) is 1. The third kappa shape index (κ3) is 13.1. The SMILES string of the molecule is Cc1c(COc2nc(OCc3cncc(C#N)c3)c(CNC[C@@H](O)CC(=O)O)cc2Br)cccc1-c1cccc(-c2ccc(OCCCC[C@@H](O)CC(=O)O)cc2)c1C. The molecule has 0 fully saturated rings. The molecule has 0 aliphatic heterocycles. The Kier molecular flexibility index (Phi) is 16.3. The molecule has 13 nitrogen and oxygen atoms in total. The molecule has 2 aromatic heterocycles. The molecule has 2 atom stereocenters. The first-order valence-corrected chi connectivity index (χ1v) is 19.9. The number of halogens is 1. The molecule has 308 valence electrons. The molecule has 0 aliphatic carbocycles. The Bertz CT molecular complexity index is 2260. The minimum atomic E-state index is -1.10. The van der Waals surface area contributed by atoms with E-state index in [-0.39, 0.29) is 45.0 Å². The van der Waals surface area contributed by atoms with Crippen molar-refractivity contribution in [1.29, 1.82) is 5.26 Å². The van der Waals surface area contributed by atoms with Crippen LogP contribution in [0, 0.1) is 25.2 Å². The van der Waals surface area contributed by atoms with Crippen molar-refractivity contribution in [1.82, 2.24) is 15.3 Å². The number of carbonyl (C=O) groups is 2. The number of hydrogen-bond donors (Lipinski definition) is 5. The van der Waals surface area contributed by atoms with Crippen molar-refractivity contribution in [3.8, 4) is 45.8 Å². The first-order valence-electron chi connectivity index (χ1n) is 19.1. The van der Waals surface area contributed by atoms with Gasteiger partial charge in [-0.25, -0.2) is 0 Å². The van der Waals surface area contributed by atoms with E-state index in [1.165, 1.54) is 6.20 Å². The summed E-state index contributed by atoms with van der Waals surface area (Å²) in [4.78, 5) is 30.5. The molecule has 14 heteroatoms. The number of aliphatic hydroxyl groups excluding tert-OH is 2. The molecule has 59 heavy (non-hydrogen) atoms. The van der Waals surface area contributed by atoms with E-state index >= 15 is 0 Å². The maximum atomic E-state index is 11.0. The molecule has 5 rings (SSSR count). The minimum Gasteiger partial charge on any atom is -0.494 e. The van der Waals surface area contributed by atoms with Crippen molar-refractivity contribution < 1.29 is 44.2 Å². The number of carboxylic acids is 2. The van der Waals surface area contributed by atoms with Gasteiger partial charge in [-0.1, -0.05) is 48.5 Å². The van der Waals surface area contributed by atoms with E-state index in [9.17, 15) is 25.1 Å². The molecule has 0 unspecified atom stereocenters. The van der Waals surface area contributed by atoms with Gasteiger partial charge in [0.05, 0.1) is 41.7 Å². The molecule has 0 saturated heterocycles. The fourth-order valence-corrected chi connectivity index (χ4v) is 6.98. The molecule has 3 aromatic carbocycles. The number of aromatic nitrogens is 2. The third-order valence-corrected chi connectivity index (χ3v) is 10.2. The van der Waals surface area contributed by atoms with Crippen LogP contribution in [0.4, 0.5) is 0 Å². The molecular weight excluding hydrogens is 820 g/mol. The summed E-state index contributed by atoms with van der Waals surface area (Å²) < 4.78 is 18.9. The number of unbranched alkanes of at least 4 members (excludes halogenated alkanes) is 1. The fourth-order valence-electron chi connectivity index (χ4n) is 6.50. The number of benzene rings is 3. The summed E-state index contributed by atoms with van der Waals surface area (Å²) in [6.07, 6.45) is 2.32. The zero-order valence-corrected chi connectivity index (χ0v) is 34.4. The molecule has 0 bridgehead atoms. The summed E-state index contributed by atoms with van der Waals surface area (Å²) in [5.74, 6) is -0.812. The predicted molar refractivity (Wildman–Crippen MR) is 224 cm³/mol. The molecule has 2 heterocycles. The van der Waals surface area contributed by atoms with Gasteiger partial charge in [-0.3, -0.25) is 14.6 Å². The van der Waals surface area contributed by atoms with Gasteiger partial charge < -0.3 is 40.0 Å². The van der Waals surface area contributed by atoms with E-state index < -0.39 is 24.1 Å². The van der Waals surface area contributed by atoms with Crippen LogP contribution in [0.2, 0.25) is 0 Å². The molecule has 0 amide bonds. The van der Waals surface area contributed by atoms with Crippen molar-refractivity contribution >= 4 is 27.9 Å². The second-order valence-electron chi connectivity index (χ2n) is 14.1. The van der Waals surface area contributed by atoms with Crippen LogP contribution in [-0.2, 0) is 29.3 Å². The first kappa shape index (κ1) is 44.3. The maximum Gasteiger partial charge on any atom is 0.306 e. The van der Waals surface area contributed by atoms with Crippen LogP contribution in [0.25, 0.3) is 22.3 Å². The summed E-state index contributed by atoms with van der Waals surface area (Å²) in [5, 5.41) is 50.0. The fraction of sp³-hybridized carbons (Fsp3) is 0.311. The zero-order valence-electron chi connectivity index (χ0n) is 32.9. The topological polar surface area (TPSA) is 204 Å². The second kappa shape index (κ2) is 21.8. The van der Waals surface area contributed by atoms with Gasteiger partial charge in [0.15, 0.2) is 0 Å². The average Bonchev–Trinajstić information content (AvgIpc) is 3.20. The van der Waals surface area contributed by atoms with Crippen molar-refractivity contribution in [2.24, 2.45) is 0 Å². The van der Waals surface area contributed by atoms with Crippen molar-refractivity contribution in [2.45, 2.75) is 77.9 Å². The number of pyridine rings is 2. The zero-order chi connectivity index (χ0) is 42.3. The number of nitriles is 1. The van der Waals surface area contributed by atoms with E-state index in [2.05, 4.69) is 64.3 Å². The van der Waals surface area contributed by atoms with Crippen molar-refractivity contribution in [3.63, 3.8) is 0 Å². The van der Waals surface area contributed by atoms with Gasteiger partial charge in [0, 0.05) is 36.6 Å². The lowest BCUT2D eigenvalue weighted by molar-refractivity contribution is -0.140. The van der Waals surface area contributed by atoms with Crippen LogP contribution in [0.15, 0.2) is 89.7 Å². The Labute approximate surface area is 351 Å². The van der Waals surface area contributed by atoms with Crippen molar-refractivity contribution in [3.05, 3.63) is 123 Å². The van der Waals surface area contributed by atoms with Crippen LogP contribution >= 0.6 is 15.9 Å². The van der Waals surface area contributed by atoms with Crippen LogP contribution in [-0.4, -0.2) is 67.7 Å². The number of aliphatic hydroxyl groups is 2. The summed E-state index contributed by atoms with van der Waals surface area (Å²) in [7, 11) is 0. The van der Waals surface area contributed by atoms with Crippen LogP contribution in [0.1, 0.15) is 65.5 Å². The normalized spacial score (nSPS) is 12.0. The lowest BCUT2D eigenvalue weighted by atomic mass is 9.89. The summed E-state index contributed by atoms with van der Waals surface area (Å²) in [6, 6.07) is 25.8. The van der Waals surface area contributed by atoms with Crippen molar-refractivity contribution in [2.75, 3.05) is 13.2 Å². The van der Waals surface area contributed by atoms with Gasteiger partial charge in [-0.05, 0) is 112 Å². The summed E-state index contributed by atoms with van der Waals surface area (Å²) in [6.45, 7) is 5.19. The van der Waals surface area contributed by atoms with E-state index in [4.69, 9.17) is 29.4 Å². The van der Waals surface area contributed by atoms with Gasteiger partial charge in [-0.15, -0.1) is 0 Å². The number of rotatable bonds is 22. The van der Waals surface area contributed by atoms with Gasteiger partial charge in [0.2, 0.25) is 11.8 Å². The van der Waals surface area contributed by atoms with E-state index in [0.717, 1.165) is 44.7 Å². The van der Waals surface area contributed by atoms with Gasteiger partial charge in [0.25, 0.3) is 0 Å². The van der Waals surface area contributed by atoms with Crippen LogP contribution in [0.3, 0.4) is 0 Å². The van der Waals surface area contributed by atoms with E-state index in [0.29, 0.717) is 52.9 Å². The lowest BCUT2D eigenvalue weighted by Gasteiger charge is -2.18.